The van der Waals surface area contributed by atoms with Crippen LogP contribution < -0.4 is 0 Å². The fraction of sp³-hybridized carbons (Fsp3) is 0.857. The predicted octanol–water partition coefficient (Wildman–Crippen LogP) is 2.97. The summed E-state index contributed by atoms with van der Waals surface area (Å²) < 4.78 is 4.71. The standard InChI is InChI=1S/C14H24O3/c1-10(2)14(16)12(9-13(15)17-3)11-7-5-4-6-8-11/h10-12H,4-9H2,1-3H3. The van der Waals surface area contributed by atoms with E-state index >= 15 is 0 Å². The lowest BCUT2D eigenvalue weighted by molar-refractivity contribution is -0.145. The van der Waals surface area contributed by atoms with E-state index in [0.717, 1.165) is 12.8 Å². The third-order valence-corrected chi connectivity index (χ3v) is 3.77. The number of rotatable bonds is 5. The molecule has 0 aromatic rings. The van der Waals surface area contributed by atoms with Crippen LogP contribution >= 0.6 is 0 Å². The lowest BCUT2D eigenvalue weighted by Crippen LogP contribution is -2.31. The molecule has 0 N–H and O–H groups in total. The molecular weight excluding hydrogens is 216 g/mol. The lowest BCUT2D eigenvalue weighted by Gasteiger charge is -2.29. The van der Waals surface area contributed by atoms with Crippen LogP contribution in [-0.4, -0.2) is 18.9 Å². The van der Waals surface area contributed by atoms with E-state index in [4.69, 9.17) is 4.74 Å². The van der Waals surface area contributed by atoms with Crippen LogP contribution in [-0.2, 0) is 14.3 Å². The molecule has 98 valence electrons. The Morgan fingerprint density at radius 1 is 1.18 bits per heavy atom. The molecule has 0 aliphatic heterocycles. The van der Waals surface area contributed by atoms with Gasteiger partial charge in [0.2, 0.25) is 0 Å². The number of carbonyl (C=O) groups is 2. The molecule has 0 spiro atoms. The Bertz CT molecular complexity index is 265. The lowest BCUT2D eigenvalue weighted by atomic mass is 9.74. The SMILES string of the molecule is COC(=O)CC(C(=O)C(C)C)C1CCCCC1. The van der Waals surface area contributed by atoms with Gasteiger partial charge in [-0.15, -0.1) is 0 Å². The van der Waals surface area contributed by atoms with Crippen molar-refractivity contribution in [1.29, 1.82) is 0 Å². The molecule has 1 saturated carbocycles. The van der Waals surface area contributed by atoms with E-state index < -0.39 is 0 Å². The zero-order chi connectivity index (χ0) is 12.8. The van der Waals surface area contributed by atoms with Crippen LogP contribution in [0.4, 0.5) is 0 Å². The van der Waals surface area contributed by atoms with Crippen molar-refractivity contribution in [3.63, 3.8) is 0 Å². The minimum Gasteiger partial charge on any atom is -0.469 e. The molecule has 0 aromatic carbocycles. The Morgan fingerprint density at radius 2 is 1.76 bits per heavy atom. The van der Waals surface area contributed by atoms with Crippen molar-refractivity contribution in [1.82, 2.24) is 0 Å². The summed E-state index contributed by atoms with van der Waals surface area (Å²) in [6, 6.07) is 0. The van der Waals surface area contributed by atoms with Crippen LogP contribution in [0.25, 0.3) is 0 Å². The normalized spacial score (nSPS) is 19.1. The zero-order valence-corrected chi connectivity index (χ0v) is 11.2. The van der Waals surface area contributed by atoms with Gasteiger partial charge >= 0.3 is 5.97 Å². The van der Waals surface area contributed by atoms with Gasteiger partial charge in [-0.25, -0.2) is 0 Å². The number of hydrogen-bond acceptors (Lipinski definition) is 3. The van der Waals surface area contributed by atoms with E-state index in [1.54, 1.807) is 0 Å². The van der Waals surface area contributed by atoms with Crippen LogP contribution in [0.1, 0.15) is 52.4 Å². The second-order valence-electron chi connectivity index (χ2n) is 5.34. The van der Waals surface area contributed by atoms with Crippen LogP contribution in [0.2, 0.25) is 0 Å². The van der Waals surface area contributed by atoms with Gasteiger partial charge < -0.3 is 4.74 Å². The summed E-state index contributed by atoms with van der Waals surface area (Å²) in [5.41, 5.74) is 0. The second-order valence-corrected chi connectivity index (χ2v) is 5.34. The van der Waals surface area contributed by atoms with Crippen molar-refractivity contribution in [3.8, 4) is 0 Å². The van der Waals surface area contributed by atoms with Crippen LogP contribution in [0.3, 0.4) is 0 Å². The number of carbonyl (C=O) groups excluding carboxylic acids is 2. The van der Waals surface area contributed by atoms with Gasteiger partial charge in [0.25, 0.3) is 0 Å². The topological polar surface area (TPSA) is 43.4 Å². The number of methoxy groups -OCH3 is 1. The van der Waals surface area contributed by atoms with E-state index in [9.17, 15) is 9.59 Å². The summed E-state index contributed by atoms with van der Waals surface area (Å²) in [6.07, 6.45) is 6.07. The Kier molecular flexibility index (Phi) is 5.66. The van der Waals surface area contributed by atoms with E-state index in [2.05, 4.69) is 0 Å². The highest BCUT2D eigenvalue weighted by Gasteiger charge is 2.32. The summed E-state index contributed by atoms with van der Waals surface area (Å²) in [5, 5.41) is 0. The van der Waals surface area contributed by atoms with Gasteiger partial charge in [0.1, 0.15) is 5.78 Å². The van der Waals surface area contributed by atoms with Gasteiger partial charge in [0.15, 0.2) is 0 Å². The van der Waals surface area contributed by atoms with Gasteiger partial charge in [0, 0.05) is 11.8 Å². The molecule has 3 heteroatoms. The van der Waals surface area contributed by atoms with Crippen molar-refractivity contribution >= 4 is 11.8 Å². The first kappa shape index (κ1) is 14.2. The fourth-order valence-electron chi connectivity index (χ4n) is 2.73. The third-order valence-electron chi connectivity index (χ3n) is 3.77. The molecular formula is C14H24O3. The highest BCUT2D eigenvalue weighted by Crippen LogP contribution is 2.33. The van der Waals surface area contributed by atoms with Gasteiger partial charge in [-0.2, -0.15) is 0 Å². The molecule has 3 nitrogen and oxygen atoms in total. The molecule has 0 amide bonds. The summed E-state index contributed by atoms with van der Waals surface area (Å²) >= 11 is 0. The molecule has 1 atom stereocenters. The van der Waals surface area contributed by atoms with Gasteiger partial charge in [0.05, 0.1) is 13.5 Å². The molecule has 1 fully saturated rings. The van der Waals surface area contributed by atoms with Crippen molar-refractivity contribution in [3.05, 3.63) is 0 Å². The van der Waals surface area contributed by atoms with Crippen LogP contribution in [0.5, 0.6) is 0 Å². The van der Waals surface area contributed by atoms with Crippen LogP contribution in [0.15, 0.2) is 0 Å². The Labute approximate surface area is 104 Å². The first-order chi connectivity index (χ1) is 8.06. The maximum Gasteiger partial charge on any atom is 0.306 e. The van der Waals surface area contributed by atoms with E-state index in [0.29, 0.717) is 5.92 Å². The number of ether oxygens (including phenoxy) is 1. The van der Waals surface area contributed by atoms with Gasteiger partial charge in [-0.1, -0.05) is 33.1 Å². The maximum atomic E-state index is 12.2. The van der Waals surface area contributed by atoms with Crippen molar-refractivity contribution in [2.75, 3.05) is 7.11 Å². The average Bonchev–Trinajstić information content (AvgIpc) is 2.35. The smallest absolute Gasteiger partial charge is 0.306 e. The molecule has 0 saturated heterocycles. The summed E-state index contributed by atoms with van der Waals surface area (Å²) in [4.78, 5) is 23.6. The third kappa shape index (κ3) is 4.14. The number of hydrogen-bond donors (Lipinski definition) is 0. The average molecular weight is 240 g/mol. The first-order valence-electron chi connectivity index (χ1n) is 6.66. The molecule has 0 radical (unpaired) electrons. The number of ketones is 1. The molecule has 0 bridgehead atoms. The monoisotopic (exact) mass is 240 g/mol. The highest BCUT2D eigenvalue weighted by molar-refractivity contribution is 5.86. The van der Waals surface area contributed by atoms with Crippen molar-refractivity contribution in [2.45, 2.75) is 52.4 Å². The van der Waals surface area contributed by atoms with E-state index in [-0.39, 0.29) is 30.0 Å². The first-order valence-corrected chi connectivity index (χ1v) is 6.66. The maximum absolute atomic E-state index is 12.2. The van der Waals surface area contributed by atoms with E-state index in [1.807, 2.05) is 13.8 Å². The van der Waals surface area contributed by atoms with Crippen LogP contribution in [0, 0.1) is 17.8 Å². The number of Topliss-reactive ketones (excluding diaryl/α,β-unsaturated/α-hetero) is 1. The number of esters is 1. The highest BCUT2D eigenvalue weighted by atomic mass is 16.5. The fourth-order valence-corrected chi connectivity index (χ4v) is 2.73. The Morgan fingerprint density at radius 3 is 2.24 bits per heavy atom. The largest absolute Gasteiger partial charge is 0.469 e. The second kappa shape index (κ2) is 6.77. The molecule has 1 aliphatic carbocycles. The quantitative estimate of drug-likeness (QED) is 0.694. The summed E-state index contributed by atoms with van der Waals surface area (Å²) in [7, 11) is 1.39. The summed E-state index contributed by atoms with van der Waals surface area (Å²) in [6.45, 7) is 3.82. The van der Waals surface area contributed by atoms with E-state index in [1.165, 1.54) is 26.4 Å². The van der Waals surface area contributed by atoms with Gasteiger partial charge in [-0.05, 0) is 18.8 Å². The predicted molar refractivity (Wildman–Crippen MR) is 66.5 cm³/mol. The zero-order valence-electron chi connectivity index (χ0n) is 11.2. The van der Waals surface area contributed by atoms with Crippen molar-refractivity contribution in [2.24, 2.45) is 17.8 Å². The minimum absolute atomic E-state index is 0.00610. The Hall–Kier alpha value is -0.860. The Balaban J connectivity index is 2.69. The minimum atomic E-state index is -0.255. The molecule has 1 aliphatic rings. The summed E-state index contributed by atoms with van der Waals surface area (Å²) in [5.74, 6) is 0.240. The van der Waals surface area contributed by atoms with Gasteiger partial charge in [-0.3, -0.25) is 9.59 Å². The molecule has 17 heavy (non-hydrogen) atoms. The molecule has 1 rings (SSSR count). The van der Waals surface area contributed by atoms with Crippen molar-refractivity contribution < 1.29 is 14.3 Å². The molecule has 0 aromatic heterocycles. The molecule has 1 unspecified atom stereocenters. The molecule has 0 heterocycles.